The summed E-state index contributed by atoms with van der Waals surface area (Å²) in [6.07, 6.45) is 0.801. The van der Waals surface area contributed by atoms with E-state index in [0.717, 1.165) is 29.0 Å². The van der Waals surface area contributed by atoms with E-state index in [9.17, 15) is 4.39 Å². The van der Waals surface area contributed by atoms with Crippen LogP contribution < -0.4 is 4.74 Å². The number of ether oxygens (including phenoxy) is 1. The van der Waals surface area contributed by atoms with Gasteiger partial charge in [-0.2, -0.15) is 4.98 Å². The largest absolute Gasteiger partial charge is 0.439 e. The molecule has 3 rings (SSSR count). The Balaban J connectivity index is 1.79. The van der Waals surface area contributed by atoms with E-state index in [1.54, 1.807) is 12.1 Å². The number of hydrogen-bond acceptors (Lipinski definition) is 4. The van der Waals surface area contributed by atoms with Crippen molar-refractivity contribution in [3.05, 3.63) is 76.7 Å². The monoisotopic (exact) mass is 368 g/mol. The van der Waals surface area contributed by atoms with E-state index in [1.165, 1.54) is 29.5 Å². The first kappa shape index (κ1) is 18.4. The summed E-state index contributed by atoms with van der Waals surface area (Å²) < 4.78 is 19.0. The third-order valence-corrected chi connectivity index (χ3v) is 5.07. The average molecular weight is 368 g/mol. The van der Waals surface area contributed by atoms with Gasteiger partial charge in [-0.15, -0.1) is 0 Å². The molecule has 3 nitrogen and oxygen atoms in total. The van der Waals surface area contributed by atoms with Gasteiger partial charge in [0.25, 0.3) is 0 Å². The molecule has 0 bridgehead atoms. The summed E-state index contributed by atoms with van der Waals surface area (Å²) in [5.41, 5.74) is 4.24. The molecular formula is C21H21FN2OS. The van der Waals surface area contributed by atoms with Crippen molar-refractivity contribution in [1.82, 2.24) is 9.97 Å². The summed E-state index contributed by atoms with van der Waals surface area (Å²) in [4.78, 5) is 9.10. The fraction of sp³-hybridized carbons (Fsp3) is 0.238. The van der Waals surface area contributed by atoms with Crippen LogP contribution in [0.2, 0.25) is 0 Å². The molecule has 0 aliphatic carbocycles. The Morgan fingerprint density at radius 1 is 1.04 bits per heavy atom. The van der Waals surface area contributed by atoms with Crippen LogP contribution in [0.25, 0.3) is 0 Å². The van der Waals surface area contributed by atoms with Gasteiger partial charge in [-0.05, 0) is 55.2 Å². The van der Waals surface area contributed by atoms with E-state index < -0.39 is 0 Å². The van der Waals surface area contributed by atoms with Crippen LogP contribution in [0, 0.1) is 19.7 Å². The second-order valence-corrected chi connectivity index (χ2v) is 6.99. The number of aryl methyl sites for hydroxylation is 2. The lowest BCUT2D eigenvalue weighted by Crippen LogP contribution is -1.98. The normalized spacial score (nSPS) is 10.8. The van der Waals surface area contributed by atoms with E-state index >= 15 is 0 Å². The zero-order valence-electron chi connectivity index (χ0n) is 15.1. The van der Waals surface area contributed by atoms with Crippen molar-refractivity contribution in [2.75, 3.05) is 0 Å². The Morgan fingerprint density at radius 2 is 1.81 bits per heavy atom. The van der Waals surface area contributed by atoms with Crippen LogP contribution >= 0.6 is 11.8 Å². The quantitative estimate of drug-likeness (QED) is 0.402. The number of benzene rings is 2. The third kappa shape index (κ3) is 4.61. The van der Waals surface area contributed by atoms with E-state index in [1.807, 2.05) is 25.1 Å². The Labute approximate surface area is 157 Å². The maximum Gasteiger partial charge on any atom is 0.223 e. The number of aromatic nitrogens is 2. The maximum absolute atomic E-state index is 13.0. The number of nitrogens with zero attached hydrogens (tertiary/aromatic N) is 2. The third-order valence-electron chi connectivity index (χ3n) is 4.15. The first-order valence-electron chi connectivity index (χ1n) is 8.54. The van der Waals surface area contributed by atoms with Crippen molar-refractivity contribution in [2.24, 2.45) is 0 Å². The summed E-state index contributed by atoms with van der Waals surface area (Å²) in [6, 6.07) is 14.3. The van der Waals surface area contributed by atoms with Gasteiger partial charge in [-0.1, -0.05) is 43.0 Å². The van der Waals surface area contributed by atoms with Crippen LogP contribution in [-0.4, -0.2) is 9.97 Å². The predicted octanol–water partition coefficient (Wildman–Crippen LogP) is 5.88. The van der Waals surface area contributed by atoms with Gasteiger partial charge in [0.2, 0.25) is 5.88 Å². The molecule has 3 aromatic rings. The molecule has 0 N–H and O–H groups in total. The van der Waals surface area contributed by atoms with Crippen molar-refractivity contribution in [1.29, 1.82) is 0 Å². The fourth-order valence-corrected chi connectivity index (χ4v) is 3.25. The molecule has 5 heteroatoms. The zero-order valence-corrected chi connectivity index (χ0v) is 15.9. The van der Waals surface area contributed by atoms with Crippen molar-refractivity contribution in [2.45, 2.75) is 38.1 Å². The number of rotatable bonds is 6. The van der Waals surface area contributed by atoms with Crippen LogP contribution in [0.5, 0.6) is 11.6 Å². The van der Waals surface area contributed by atoms with Gasteiger partial charge in [0, 0.05) is 17.5 Å². The minimum atomic E-state index is -0.229. The van der Waals surface area contributed by atoms with Gasteiger partial charge < -0.3 is 4.74 Å². The van der Waals surface area contributed by atoms with Gasteiger partial charge in [0.15, 0.2) is 5.16 Å². The predicted molar refractivity (Wildman–Crippen MR) is 103 cm³/mol. The first-order chi connectivity index (χ1) is 12.5. The first-order valence-corrected chi connectivity index (χ1v) is 9.53. The van der Waals surface area contributed by atoms with Crippen molar-refractivity contribution >= 4 is 11.8 Å². The number of halogens is 1. The fourth-order valence-electron chi connectivity index (χ4n) is 2.42. The summed E-state index contributed by atoms with van der Waals surface area (Å²) >= 11 is 1.52. The highest BCUT2D eigenvalue weighted by atomic mass is 32.2. The lowest BCUT2D eigenvalue weighted by Gasteiger charge is -2.11. The molecule has 0 saturated heterocycles. The Kier molecular flexibility index (Phi) is 5.89. The van der Waals surface area contributed by atoms with Crippen LogP contribution in [0.15, 0.2) is 53.7 Å². The van der Waals surface area contributed by atoms with Gasteiger partial charge in [-0.25, -0.2) is 9.37 Å². The second-order valence-electron chi connectivity index (χ2n) is 6.05. The van der Waals surface area contributed by atoms with E-state index in [0.29, 0.717) is 16.8 Å². The van der Waals surface area contributed by atoms with Crippen LogP contribution in [0.4, 0.5) is 4.39 Å². The lowest BCUT2D eigenvalue weighted by molar-refractivity contribution is 0.450. The molecule has 0 radical (unpaired) electrons. The lowest BCUT2D eigenvalue weighted by atomic mass is 10.1. The van der Waals surface area contributed by atoms with Gasteiger partial charge in [0.05, 0.1) is 0 Å². The highest BCUT2D eigenvalue weighted by Crippen LogP contribution is 2.28. The number of hydrogen-bond donors (Lipinski definition) is 0. The van der Waals surface area contributed by atoms with Crippen LogP contribution in [-0.2, 0) is 12.2 Å². The molecule has 0 fully saturated rings. The van der Waals surface area contributed by atoms with Crippen molar-refractivity contribution in [3.63, 3.8) is 0 Å². The molecule has 26 heavy (non-hydrogen) atoms. The van der Waals surface area contributed by atoms with Gasteiger partial charge in [-0.3, -0.25) is 0 Å². The van der Waals surface area contributed by atoms with Gasteiger partial charge in [0.1, 0.15) is 11.6 Å². The summed E-state index contributed by atoms with van der Waals surface area (Å²) in [6.45, 7) is 6.15. The van der Waals surface area contributed by atoms with E-state index in [2.05, 4.69) is 29.9 Å². The van der Waals surface area contributed by atoms with Crippen LogP contribution in [0.3, 0.4) is 0 Å². The number of thioether (sulfide) groups is 1. The van der Waals surface area contributed by atoms with E-state index in [4.69, 9.17) is 4.74 Å². The standard InChI is InChI=1S/C21H21FN2OS/c1-4-18-12-20(25-19-7-5-6-14(2)15(19)3)24-21(23-18)26-13-16-8-10-17(22)11-9-16/h5-12H,4,13H2,1-3H3. The molecule has 1 heterocycles. The molecule has 0 saturated carbocycles. The minimum Gasteiger partial charge on any atom is -0.439 e. The average Bonchev–Trinajstić information content (AvgIpc) is 2.65. The molecule has 1 aromatic heterocycles. The summed E-state index contributed by atoms with van der Waals surface area (Å²) in [7, 11) is 0. The Morgan fingerprint density at radius 3 is 2.54 bits per heavy atom. The highest BCUT2D eigenvalue weighted by molar-refractivity contribution is 7.98. The zero-order chi connectivity index (χ0) is 18.5. The van der Waals surface area contributed by atoms with Crippen molar-refractivity contribution in [3.8, 4) is 11.6 Å². The molecule has 0 aliphatic rings. The topological polar surface area (TPSA) is 35.0 Å². The molecular weight excluding hydrogens is 347 g/mol. The smallest absolute Gasteiger partial charge is 0.223 e. The molecule has 0 aliphatic heterocycles. The van der Waals surface area contributed by atoms with Crippen molar-refractivity contribution < 1.29 is 9.13 Å². The van der Waals surface area contributed by atoms with Gasteiger partial charge >= 0.3 is 0 Å². The molecule has 0 unspecified atom stereocenters. The highest BCUT2D eigenvalue weighted by Gasteiger charge is 2.09. The SMILES string of the molecule is CCc1cc(Oc2cccc(C)c2C)nc(SCc2ccc(F)cc2)n1. The maximum atomic E-state index is 13.0. The minimum absolute atomic E-state index is 0.229. The Hall–Kier alpha value is -2.40. The van der Waals surface area contributed by atoms with E-state index in [-0.39, 0.29) is 5.82 Å². The summed E-state index contributed by atoms with van der Waals surface area (Å²) in [5.74, 6) is 1.80. The molecule has 0 amide bonds. The molecule has 2 aromatic carbocycles. The Bertz CT molecular complexity index is 897. The second kappa shape index (κ2) is 8.32. The summed E-state index contributed by atoms with van der Waals surface area (Å²) in [5, 5.41) is 0.661. The molecule has 0 spiro atoms. The van der Waals surface area contributed by atoms with Crippen LogP contribution in [0.1, 0.15) is 29.3 Å². The molecule has 0 atom stereocenters. The molecule has 134 valence electrons.